The van der Waals surface area contributed by atoms with E-state index in [1.165, 1.54) is 25.7 Å². The highest BCUT2D eigenvalue weighted by Crippen LogP contribution is 2.25. The van der Waals surface area contributed by atoms with E-state index in [1.54, 1.807) is 0 Å². The van der Waals surface area contributed by atoms with E-state index in [-0.39, 0.29) is 0 Å². The van der Waals surface area contributed by atoms with Crippen molar-refractivity contribution < 1.29 is 14.6 Å². The molecule has 0 spiro atoms. The van der Waals surface area contributed by atoms with Gasteiger partial charge in [0.05, 0.1) is 6.61 Å². The SMILES string of the molecule is CCC(OCC1CCCC1)C(=O)O. The Morgan fingerprint density at radius 1 is 1.54 bits per heavy atom. The first kappa shape index (κ1) is 10.5. The molecule has 1 atom stereocenters. The average Bonchev–Trinajstić information content (AvgIpc) is 2.57. The van der Waals surface area contributed by atoms with Gasteiger partial charge in [0.25, 0.3) is 0 Å². The molecule has 1 rings (SSSR count). The zero-order valence-electron chi connectivity index (χ0n) is 8.16. The summed E-state index contributed by atoms with van der Waals surface area (Å²) in [6.45, 7) is 2.47. The molecular formula is C10H18O3. The smallest absolute Gasteiger partial charge is 0.332 e. The molecule has 0 aromatic carbocycles. The summed E-state index contributed by atoms with van der Waals surface area (Å²) in [5, 5.41) is 8.72. The number of carboxylic acid groups (broad SMARTS) is 1. The normalized spacial score (nSPS) is 20.4. The second-order valence-electron chi connectivity index (χ2n) is 3.72. The van der Waals surface area contributed by atoms with Crippen LogP contribution in [-0.4, -0.2) is 23.8 Å². The van der Waals surface area contributed by atoms with Gasteiger partial charge >= 0.3 is 5.97 Å². The molecule has 1 aliphatic carbocycles. The molecule has 3 heteroatoms. The van der Waals surface area contributed by atoms with E-state index in [9.17, 15) is 4.79 Å². The van der Waals surface area contributed by atoms with Gasteiger partial charge in [0.2, 0.25) is 0 Å². The highest BCUT2D eigenvalue weighted by atomic mass is 16.5. The van der Waals surface area contributed by atoms with Crippen molar-refractivity contribution in [3.8, 4) is 0 Å². The van der Waals surface area contributed by atoms with Crippen LogP contribution in [0.5, 0.6) is 0 Å². The summed E-state index contributed by atoms with van der Waals surface area (Å²) < 4.78 is 5.34. The number of hydrogen-bond acceptors (Lipinski definition) is 2. The zero-order chi connectivity index (χ0) is 9.68. The topological polar surface area (TPSA) is 46.5 Å². The summed E-state index contributed by atoms with van der Waals surface area (Å²) in [5.41, 5.74) is 0. The van der Waals surface area contributed by atoms with Crippen molar-refractivity contribution in [2.45, 2.75) is 45.1 Å². The van der Waals surface area contributed by atoms with Gasteiger partial charge in [-0.15, -0.1) is 0 Å². The van der Waals surface area contributed by atoms with Crippen LogP contribution in [0.2, 0.25) is 0 Å². The Labute approximate surface area is 79.1 Å². The third-order valence-corrected chi connectivity index (χ3v) is 2.65. The molecule has 0 heterocycles. The van der Waals surface area contributed by atoms with Crippen LogP contribution in [0.15, 0.2) is 0 Å². The molecule has 0 radical (unpaired) electrons. The van der Waals surface area contributed by atoms with Crippen molar-refractivity contribution in [1.29, 1.82) is 0 Å². The third kappa shape index (κ3) is 3.35. The molecular weight excluding hydrogens is 168 g/mol. The summed E-state index contributed by atoms with van der Waals surface area (Å²) in [4.78, 5) is 10.6. The lowest BCUT2D eigenvalue weighted by Crippen LogP contribution is -2.25. The predicted molar refractivity (Wildman–Crippen MR) is 49.6 cm³/mol. The van der Waals surface area contributed by atoms with E-state index in [0.29, 0.717) is 18.9 Å². The molecule has 1 unspecified atom stereocenters. The Morgan fingerprint density at radius 3 is 2.62 bits per heavy atom. The van der Waals surface area contributed by atoms with Crippen LogP contribution in [0, 0.1) is 5.92 Å². The molecule has 1 N–H and O–H groups in total. The Balaban J connectivity index is 2.18. The van der Waals surface area contributed by atoms with Crippen LogP contribution >= 0.6 is 0 Å². The number of ether oxygens (including phenoxy) is 1. The maximum Gasteiger partial charge on any atom is 0.332 e. The molecule has 1 fully saturated rings. The Bertz CT molecular complexity index is 162. The molecule has 1 aliphatic rings. The van der Waals surface area contributed by atoms with Gasteiger partial charge in [-0.1, -0.05) is 19.8 Å². The van der Waals surface area contributed by atoms with Crippen LogP contribution in [0.25, 0.3) is 0 Å². The van der Waals surface area contributed by atoms with Gasteiger partial charge in [0.15, 0.2) is 6.10 Å². The maximum atomic E-state index is 10.6. The zero-order valence-corrected chi connectivity index (χ0v) is 8.16. The van der Waals surface area contributed by atoms with Gasteiger partial charge in [0, 0.05) is 0 Å². The van der Waals surface area contributed by atoms with E-state index in [1.807, 2.05) is 6.92 Å². The lowest BCUT2D eigenvalue weighted by atomic mass is 10.1. The minimum atomic E-state index is -0.833. The van der Waals surface area contributed by atoms with Gasteiger partial charge in [0.1, 0.15) is 0 Å². The monoisotopic (exact) mass is 186 g/mol. The molecule has 13 heavy (non-hydrogen) atoms. The number of carboxylic acids is 1. The van der Waals surface area contributed by atoms with Crippen LogP contribution in [-0.2, 0) is 9.53 Å². The lowest BCUT2D eigenvalue weighted by Gasteiger charge is -2.14. The molecule has 3 nitrogen and oxygen atoms in total. The summed E-state index contributed by atoms with van der Waals surface area (Å²) in [7, 11) is 0. The number of carbonyl (C=O) groups is 1. The van der Waals surface area contributed by atoms with Crippen LogP contribution < -0.4 is 0 Å². The van der Waals surface area contributed by atoms with Gasteiger partial charge in [-0.2, -0.15) is 0 Å². The average molecular weight is 186 g/mol. The first-order chi connectivity index (χ1) is 6.24. The summed E-state index contributed by atoms with van der Waals surface area (Å²) in [6.07, 6.45) is 4.92. The van der Waals surface area contributed by atoms with E-state index in [2.05, 4.69) is 0 Å². The van der Waals surface area contributed by atoms with Crippen LogP contribution in [0.1, 0.15) is 39.0 Å². The Hall–Kier alpha value is -0.570. The highest BCUT2D eigenvalue weighted by molar-refractivity contribution is 5.72. The van der Waals surface area contributed by atoms with E-state index in [4.69, 9.17) is 9.84 Å². The number of rotatable bonds is 5. The summed E-state index contributed by atoms with van der Waals surface area (Å²) >= 11 is 0. The fourth-order valence-corrected chi connectivity index (χ4v) is 1.79. The van der Waals surface area contributed by atoms with Gasteiger partial charge in [-0.05, 0) is 25.2 Å². The molecule has 0 aromatic rings. The summed E-state index contributed by atoms with van der Waals surface area (Å²) in [5.74, 6) is -0.228. The second kappa shape index (κ2) is 5.22. The molecule has 0 bridgehead atoms. The fourth-order valence-electron chi connectivity index (χ4n) is 1.79. The predicted octanol–water partition coefficient (Wildman–Crippen LogP) is 2.06. The minimum Gasteiger partial charge on any atom is -0.479 e. The first-order valence-electron chi connectivity index (χ1n) is 5.08. The van der Waals surface area contributed by atoms with Crippen molar-refractivity contribution in [3.05, 3.63) is 0 Å². The Kier molecular flexibility index (Phi) is 4.22. The van der Waals surface area contributed by atoms with Crippen molar-refractivity contribution in [3.63, 3.8) is 0 Å². The second-order valence-corrected chi connectivity index (χ2v) is 3.72. The van der Waals surface area contributed by atoms with Gasteiger partial charge in [-0.25, -0.2) is 4.79 Å². The van der Waals surface area contributed by atoms with Crippen molar-refractivity contribution >= 4 is 5.97 Å². The van der Waals surface area contributed by atoms with E-state index < -0.39 is 12.1 Å². The molecule has 76 valence electrons. The molecule has 0 saturated heterocycles. The largest absolute Gasteiger partial charge is 0.479 e. The standard InChI is InChI=1S/C10H18O3/c1-2-9(10(11)12)13-7-8-5-3-4-6-8/h8-9H,2-7H2,1H3,(H,11,12). The lowest BCUT2D eigenvalue weighted by molar-refractivity contribution is -0.151. The quantitative estimate of drug-likeness (QED) is 0.714. The molecule has 0 aromatic heterocycles. The van der Waals surface area contributed by atoms with Crippen LogP contribution in [0.4, 0.5) is 0 Å². The van der Waals surface area contributed by atoms with E-state index >= 15 is 0 Å². The molecule has 0 amide bonds. The number of aliphatic carboxylic acids is 1. The van der Waals surface area contributed by atoms with Crippen molar-refractivity contribution in [1.82, 2.24) is 0 Å². The van der Waals surface area contributed by atoms with Crippen molar-refractivity contribution in [2.24, 2.45) is 5.92 Å². The van der Waals surface area contributed by atoms with Crippen molar-refractivity contribution in [2.75, 3.05) is 6.61 Å². The van der Waals surface area contributed by atoms with Gasteiger partial charge < -0.3 is 9.84 Å². The summed E-state index contributed by atoms with van der Waals surface area (Å²) in [6, 6.07) is 0. The fraction of sp³-hybridized carbons (Fsp3) is 0.900. The van der Waals surface area contributed by atoms with E-state index in [0.717, 1.165) is 0 Å². The Morgan fingerprint density at radius 2 is 2.15 bits per heavy atom. The molecule has 1 saturated carbocycles. The highest BCUT2D eigenvalue weighted by Gasteiger charge is 2.20. The maximum absolute atomic E-state index is 10.6. The van der Waals surface area contributed by atoms with Gasteiger partial charge in [-0.3, -0.25) is 0 Å². The first-order valence-corrected chi connectivity index (χ1v) is 5.08. The minimum absolute atomic E-state index is 0.558. The van der Waals surface area contributed by atoms with Crippen LogP contribution in [0.3, 0.4) is 0 Å². The third-order valence-electron chi connectivity index (χ3n) is 2.65. The molecule has 0 aliphatic heterocycles. The number of hydrogen-bond donors (Lipinski definition) is 1.